The molecule has 0 aliphatic heterocycles. The van der Waals surface area contributed by atoms with E-state index >= 15 is 0 Å². The van der Waals surface area contributed by atoms with Crippen LogP contribution in [0.5, 0.6) is 0 Å². The van der Waals surface area contributed by atoms with Crippen LogP contribution in [0.15, 0.2) is 46.9 Å². The van der Waals surface area contributed by atoms with Crippen molar-refractivity contribution in [1.29, 1.82) is 5.26 Å². The van der Waals surface area contributed by atoms with Crippen molar-refractivity contribution in [3.05, 3.63) is 68.8 Å². The highest BCUT2D eigenvalue weighted by Gasteiger charge is 2.08. The Kier molecular flexibility index (Phi) is 3.83. The maximum Gasteiger partial charge on any atom is 0.102 e. The molecule has 0 amide bonds. The van der Waals surface area contributed by atoms with E-state index in [2.05, 4.69) is 27.0 Å². The maximum absolute atomic E-state index is 9.38. The van der Waals surface area contributed by atoms with Gasteiger partial charge in [-0.15, -0.1) is 0 Å². The van der Waals surface area contributed by atoms with Gasteiger partial charge in [0.25, 0.3) is 0 Å². The fourth-order valence-corrected chi connectivity index (χ4v) is 2.68. The van der Waals surface area contributed by atoms with Gasteiger partial charge >= 0.3 is 0 Å². The molecule has 0 aliphatic carbocycles. The second-order valence-electron chi connectivity index (χ2n) is 4.60. The van der Waals surface area contributed by atoms with Gasteiger partial charge in [0.15, 0.2) is 0 Å². The standard InChI is InChI=1S/C17H10BrClN2/c18-12-4-7-14-15(10-20)16(21-17(14)9-12)8-3-11-1-5-13(19)6-2-11/h1-9,21H. The van der Waals surface area contributed by atoms with Gasteiger partial charge in [0, 0.05) is 20.4 Å². The Bertz CT molecular complexity index is 870. The lowest BCUT2D eigenvalue weighted by atomic mass is 10.1. The van der Waals surface area contributed by atoms with E-state index in [-0.39, 0.29) is 0 Å². The van der Waals surface area contributed by atoms with Crippen LogP contribution in [-0.4, -0.2) is 4.98 Å². The third kappa shape index (κ3) is 2.87. The number of H-pyrrole nitrogens is 1. The average Bonchev–Trinajstić information content (AvgIpc) is 2.83. The molecule has 0 bridgehead atoms. The summed E-state index contributed by atoms with van der Waals surface area (Å²) in [5.74, 6) is 0. The molecule has 0 aliphatic rings. The van der Waals surface area contributed by atoms with Crippen molar-refractivity contribution in [1.82, 2.24) is 4.98 Å². The van der Waals surface area contributed by atoms with E-state index in [1.807, 2.05) is 54.6 Å². The molecular formula is C17H10BrClN2. The molecule has 1 aromatic heterocycles. The van der Waals surface area contributed by atoms with Crippen molar-refractivity contribution in [3.8, 4) is 6.07 Å². The summed E-state index contributed by atoms with van der Waals surface area (Å²) < 4.78 is 0.981. The van der Waals surface area contributed by atoms with E-state index in [1.165, 1.54) is 0 Å². The van der Waals surface area contributed by atoms with Crippen LogP contribution in [0.25, 0.3) is 23.1 Å². The normalized spacial score (nSPS) is 11.1. The minimum Gasteiger partial charge on any atom is -0.354 e. The van der Waals surface area contributed by atoms with Crippen molar-refractivity contribution in [2.24, 2.45) is 0 Å². The Morgan fingerprint density at radius 3 is 2.57 bits per heavy atom. The molecule has 21 heavy (non-hydrogen) atoms. The first-order valence-electron chi connectivity index (χ1n) is 6.32. The van der Waals surface area contributed by atoms with Crippen LogP contribution in [-0.2, 0) is 0 Å². The number of halogens is 2. The number of nitrogens with one attached hydrogen (secondary N) is 1. The molecule has 3 rings (SSSR count). The zero-order valence-electron chi connectivity index (χ0n) is 10.9. The zero-order valence-corrected chi connectivity index (χ0v) is 13.2. The molecule has 4 heteroatoms. The third-order valence-corrected chi connectivity index (χ3v) is 3.96. The van der Waals surface area contributed by atoms with E-state index in [0.717, 1.165) is 26.6 Å². The number of aromatic amines is 1. The van der Waals surface area contributed by atoms with Crippen molar-refractivity contribution in [2.45, 2.75) is 0 Å². The molecule has 0 saturated heterocycles. The monoisotopic (exact) mass is 356 g/mol. The fraction of sp³-hybridized carbons (Fsp3) is 0. The second-order valence-corrected chi connectivity index (χ2v) is 5.95. The third-order valence-electron chi connectivity index (χ3n) is 3.21. The Hall–Kier alpha value is -2.02. The molecule has 0 fully saturated rings. The molecule has 0 spiro atoms. The van der Waals surface area contributed by atoms with Gasteiger partial charge in [-0.1, -0.05) is 51.8 Å². The van der Waals surface area contributed by atoms with Crippen LogP contribution in [0.3, 0.4) is 0 Å². The van der Waals surface area contributed by atoms with Crippen LogP contribution in [0.4, 0.5) is 0 Å². The Labute approximate surface area is 135 Å². The summed E-state index contributed by atoms with van der Waals surface area (Å²) in [6, 6.07) is 15.7. The summed E-state index contributed by atoms with van der Waals surface area (Å²) in [6.07, 6.45) is 3.87. The minimum atomic E-state index is 0.655. The number of nitrogens with zero attached hydrogens (tertiary/aromatic N) is 1. The van der Waals surface area contributed by atoms with E-state index < -0.39 is 0 Å². The molecule has 1 heterocycles. The first kappa shape index (κ1) is 13.9. The maximum atomic E-state index is 9.38. The summed E-state index contributed by atoms with van der Waals surface area (Å²) in [6.45, 7) is 0. The largest absolute Gasteiger partial charge is 0.354 e. The molecule has 3 aromatic rings. The summed E-state index contributed by atoms with van der Waals surface area (Å²) in [4.78, 5) is 3.27. The number of rotatable bonds is 2. The molecule has 0 saturated carbocycles. The smallest absolute Gasteiger partial charge is 0.102 e. The Morgan fingerprint density at radius 2 is 1.86 bits per heavy atom. The van der Waals surface area contributed by atoms with Crippen LogP contribution in [0.1, 0.15) is 16.8 Å². The van der Waals surface area contributed by atoms with Gasteiger partial charge < -0.3 is 4.98 Å². The van der Waals surface area contributed by atoms with Crippen LogP contribution in [0, 0.1) is 11.3 Å². The van der Waals surface area contributed by atoms with Gasteiger partial charge in [0.05, 0.1) is 11.3 Å². The predicted molar refractivity (Wildman–Crippen MR) is 91.1 cm³/mol. The lowest BCUT2D eigenvalue weighted by Crippen LogP contribution is -1.77. The number of fused-ring (bicyclic) bond motifs is 1. The minimum absolute atomic E-state index is 0.655. The van der Waals surface area contributed by atoms with E-state index in [0.29, 0.717) is 10.6 Å². The fourth-order valence-electron chi connectivity index (χ4n) is 2.19. The van der Waals surface area contributed by atoms with Crippen molar-refractivity contribution in [2.75, 3.05) is 0 Å². The first-order valence-corrected chi connectivity index (χ1v) is 7.49. The lowest BCUT2D eigenvalue weighted by molar-refractivity contribution is 1.40. The number of hydrogen-bond donors (Lipinski definition) is 1. The summed E-state index contributed by atoms with van der Waals surface area (Å²) >= 11 is 9.30. The Balaban J connectivity index is 2.04. The van der Waals surface area contributed by atoms with E-state index in [4.69, 9.17) is 11.6 Å². The Morgan fingerprint density at radius 1 is 1.10 bits per heavy atom. The average molecular weight is 358 g/mol. The van der Waals surface area contributed by atoms with Gasteiger partial charge in [-0.05, 0) is 35.9 Å². The SMILES string of the molecule is N#Cc1c(C=Cc2ccc(Cl)cc2)[nH]c2cc(Br)ccc12. The lowest BCUT2D eigenvalue weighted by Gasteiger charge is -1.93. The molecular weight excluding hydrogens is 348 g/mol. The van der Waals surface area contributed by atoms with Gasteiger partial charge in [0.1, 0.15) is 6.07 Å². The van der Waals surface area contributed by atoms with Crippen molar-refractivity contribution < 1.29 is 0 Å². The molecule has 0 unspecified atom stereocenters. The highest BCUT2D eigenvalue weighted by atomic mass is 79.9. The highest BCUT2D eigenvalue weighted by molar-refractivity contribution is 9.10. The van der Waals surface area contributed by atoms with Crippen molar-refractivity contribution in [3.63, 3.8) is 0 Å². The molecule has 1 N–H and O–H groups in total. The summed E-state index contributed by atoms with van der Waals surface area (Å²) in [5, 5.41) is 11.0. The van der Waals surface area contributed by atoms with Gasteiger partial charge in [-0.2, -0.15) is 5.26 Å². The van der Waals surface area contributed by atoms with Gasteiger partial charge in [-0.25, -0.2) is 0 Å². The van der Waals surface area contributed by atoms with Gasteiger partial charge in [0.2, 0.25) is 0 Å². The molecule has 2 aromatic carbocycles. The quantitative estimate of drug-likeness (QED) is 0.634. The molecule has 0 radical (unpaired) electrons. The van der Waals surface area contributed by atoms with Crippen LogP contribution >= 0.6 is 27.5 Å². The predicted octanol–water partition coefficient (Wildman–Crippen LogP) is 5.63. The topological polar surface area (TPSA) is 39.6 Å². The second kappa shape index (κ2) is 5.77. The van der Waals surface area contributed by atoms with Gasteiger partial charge in [-0.3, -0.25) is 0 Å². The van der Waals surface area contributed by atoms with Crippen LogP contribution < -0.4 is 0 Å². The highest BCUT2D eigenvalue weighted by Crippen LogP contribution is 2.26. The number of benzene rings is 2. The summed E-state index contributed by atoms with van der Waals surface area (Å²) in [5.41, 5.74) is 3.43. The molecule has 102 valence electrons. The zero-order chi connectivity index (χ0) is 14.8. The molecule has 2 nitrogen and oxygen atoms in total. The van der Waals surface area contributed by atoms with Crippen molar-refractivity contribution >= 4 is 50.6 Å². The molecule has 0 atom stereocenters. The number of hydrogen-bond acceptors (Lipinski definition) is 1. The van der Waals surface area contributed by atoms with E-state index in [1.54, 1.807) is 0 Å². The van der Waals surface area contributed by atoms with E-state index in [9.17, 15) is 5.26 Å². The number of aromatic nitrogens is 1. The first-order chi connectivity index (χ1) is 10.2. The summed E-state index contributed by atoms with van der Waals surface area (Å²) in [7, 11) is 0. The van der Waals surface area contributed by atoms with Crippen LogP contribution in [0.2, 0.25) is 5.02 Å². The number of nitriles is 1.